The Morgan fingerprint density at radius 3 is 2.28 bits per heavy atom. The lowest BCUT2D eigenvalue weighted by molar-refractivity contribution is 0.325. The van der Waals surface area contributed by atoms with Crippen molar-refractivity contribution in [2.24, 2.45) is 0 Å². The van der Waals surface area contributed by atoms with Gasteiger partial charge in [0, 0.05) is 0 Å². The summed E-state index contributed by atoms with van der Waals surface area (Å²) in [5.74, 6) is 1.65. The Bertz CT molecular complexity index is 559. The number of benzene rings is 1. The maximum absolute atomic E-state index is 5.73. The molecule has 96 valence electrons. The van der Waals surface area contributed by atoms with E-state index in [0.29, 0.717) is 22.3 Å². The average molecular weight is 287 g/mol. The minimum absolute atomic E-state index is 0.215. The van der Waals surface area contributed by atoms with Gasteiger partial charge in [0.15, 0.2) is 11.5 Å². The standard InChI is InChI=1S/C11H11ClN2O3S/c1-15-7-5-4-6(8(16-2)9(7)17-3)10-13-11(12)14-18-10/h4-5H,1-3H3. The molecule has 0 aliphatic heterocycles. The zero-order valence-electron chi connectivity index (χ0n) is 10.1. The van der Waals surface area contributed by atoms with Crippen molar-refractivity contribution in [2.75, 3.05) is 21.3 Å². The average Bonchev–Trinajstić information content (AvgIpc) is 2.83. The van der Waals surface area contributed by atoms with Crippen LogP contribution in [0.5, 0.6) is 17.2 Å². The van der Waals surface area contributed by atoms with Crippen molar-refractivity contribution in [3.05, 3.63) is 17.4 Å². The predicted molar refractivity (Wildman–Crippen MR) is 70.0 cm³/mol. The van der Waals surface area contributed by atoms with Crippen LogP contribution in [0.2, 0.25) is 5.28 Å². The number of halogens is 1. The summed E-state index contributed by atoms with van der Waals surface area (Å²) in [5.41, 5.74) is 0.763. The second-order valence-corrected chi connectivity index (χ2v) is 4.34. The van der Waals surface area contributed by atoms with Crippen molar-refractivity contribution in [3.8, 4) is 27.8 Å². The molecule has 0 spiro atoms. The van der Waals surface area contributed by atoms with Crippen LogP contribution in [0.4, 0.5) is 0 Å². The van der Waals surface area contributed by atoms with Gasteiger partial charge in [-0.3, -0.25) is 0 Å². The molecular formula is C11H11ClN2O3S. The fourth-order valence-corrected chi connectivity index (χ4v) is 2.41. The molecule has 1 aromatic carbocycles. The molecule has 0 unspecified atom stereocenters. The fraction of sp³-hybridized carbons (Fsp3) is 0.273. The minimum Gasteiger partial charge on any atom is -0.493 e. The zero-order chi connectivity index (χ0) is 13.1. The maximum atomic E-state index is 5.73. The van der Waals surface area contributed by atoms with Crippen molar-refractivity contribution >= 4 is 23.1 Å². The Morgan fingerprint density at radius 2 is 1.78 bits per heavy atom. The van der Waals surface area contributed by atoms with E-state index in [-0.39, 0.29) is 5.28 Å². The van der Waals surface area contributed by atoms with Crippen molar-refractivity contribution in [2.45, 2.75) is 0 Å². The van der Waals surface area contributed by atoms with Crippen LogP contribution >= 0.6 is 23.1 Å². The smallest absolute Gasteiger partial charge is 0.234 e. The molecule has 0 fully saturated rings. The van der Waals surface area contributed by atoms with Crippen LogP contribution < -0.4 is 14.2 Å². The van der Waals surface area contributed by atoms with E-state index in [2.05, 4.69) is 9.36 Å². The van der Waals surface area contributed by atoms with E-state index in [1.54, 1.807) is 27.4 Å². The summed E-state index contributed by atoms with van der Waals surface area (Å²) in [5, 5.41) is 0.879. The highest BCUT2D eigenvalue weighted by molar-refractivity contribution is 7.09. The van der Waals surface area contributed by atoms with Crippen molar-refractivity contribution in [1.29, 1.82) is 0 Å². The molecule has 18 heavy (non-hydrogen) atoms. The molecular weight excluding hydrogens is 276 g/mol. The van der Waals surface area contributed by atoms with E-state index in [1.165, 1.54) is 11.5 Å². The van der Waals surface area contributed by atoms with Gasteiger partial charge in [-0.15, -0.1) is 0 Å². The molecule has 1 aromatic heterocycles. The maximum Gasteiger partial charge on any atom is 0.234 e. The van der Waals surface area contributed by atoms with Crippen molar-refractivity contribution in [1.82, 2.24) is 9.36 Å². The molecule has 0 aliphatic rings. The quantitative estimate of drug-likeness (QED) is 0.865. The van der Waals surface area contributed by atoms with E-state index in [0.717, 1.165) is 5.56 Å². The fourth-order valence-electron chi connectivity index (χ4n) is 1.58. The molecule has 0 bridgehead atoms. The van der Waals surface area contributed by atoms with Gasteiger partial charge >= 0.3 is 0 Å². The van der Waals surface area contributed by atoms with E-state index < -0.39 is 0 Å². The number of hydrogen-bond acceptors (Lipinski definition) is 6. The molecule has 7 heteroatoms. The van der Waals surface area contributed by atoms with Gasteiger partial charge in [-0.05, 0) is 35.3 Å². The third kappa shape index (κ3) is 2.21. The zero-order valence-corrected chi connectivity index (χ0v) is 11.6. The molecule has 2 rings (SSSR count). The van der Waals surface area contributed by atoms with Crippen LogP contribution in [0, 0.1) is 0 Å². The van der Waals surface area contributed by atoms with E-state index in [4.69, 9.17) is 25.8 Å². The van der Waals surface area contributed by atoms with Gasteiger partial charge in [-0.1, -0.05) is 0 Å². The SMILES string of the molecule is COc1ccc(-c2nc(Cl)ns2)c(OC)c1OC. The minimum atomic E-state index is 0.215. The lowest BCUT2D eigenvalue weighted by Crippen LogP contribution is -1.96. The van der Waals surface area contributed by atoms with Gasteiger partial charge in [0.2, 0.25) is 11.0 Å². The highest BCUT2D eigenvalue weighted by Crippen LogP contribution is 2.44. The lowest BCUT2D eigenvalue weighted by Gasteiger charge is -2.14. The summed E-state index contributed by atoms with van der Waals surface area (Å²) >= 11 is 6.92. The van der Waals surface area contributed by atoms with E-state index in [1.807, 2.05) is 6.07 Å². The molecule has 0 saturated heterocycles. The molecule has 0 N–H and O–H groups in total. The van der Waals surface area contributed by atoms with Gasteiger partial charge in [-0.2, -0.15) is 4.37 Å². The summed E-state index contributed by atoms with van der Waals surface area (Å²) < 4.78 is 19.8. The molecule has 0 aliphatic carbocycles. The van der Waals surface area contributed by atoms with Crippen LogP contribution in [-0.4, -0.2) is 30.7 Å². The number of hydrogen-bond donors (Lipinski definition) is 0. The second kappa shape index (κ2) is 5.41. The van der Waals surface area contributed by atoms with E-state index in [9.17, 15) is 0 Å². The van der Waals surface area contributed by atoms with Crippen LogP contribution in [0.1, 0.15) is 0 Å². The lowest BCUT2D eigenvalue weighted by atomic mass is 10.2. The molecule has 2 aromatic rings. The van der Waals surface area contributed by atoms with E-state index >= 15 is 0 Å². The number of aromatic nitrogens is 2. The third-order valence-corrected chi connectivity index (χ3v) is 3.35. The highest BCUT2D eigenvalue weighted by Gasteiger charge is 2.19. The van der Waals surface area contributed by atoms with Crippen LogP contribution in [-0.2, 0) is 0 Å². The molecule has 0 radical (unpaired) electrons. The summed E-state index contributed by atoms with van der Waals surface area (Å²) in [6.07, 6.45) is 0. The molecule has 0 saturated carbocycles. The van der Waals surface area contributed by atoms with Crippen molar-refractivity contribution in [3.63, 3.8) is 0 Å². The summed E-state index contributed by atoms with van der Waals surface area (Å²) in [6.45, 7) is 0. The van der Waals surface area contributed by atoms with Gasteiger partial charge in [-0.25, -0.2) is 4.98 Å². The molecule has 1 heterocycles. The first kappa shape index (κ1) is 12.9. The third-order valence-electron chi connectivity index (χ3n) is 2.34. The second-order valence-electron chi connectivity index (χ2n) is 3.25. The Hall–Kier alpha value is -1.53. The number of methoxy groups -OCH3 is 3. The summed E-state index contributed by atoms with van der Waals surface area (Å²) in [4.78, 5) is 4.12. The summed E-state index contributed by atoms with van der Waals surface area (Å²) in [6, 6.07) is 3.61. The van der Waals surface area contributed by atoms with Gasteiger partial charge in [0.25, 0.3) is 0 Å². The Balaban J connectivity index is 2.61. The monoisotopic (exact) mass is 286 g/mol. The largest absolute Gasteiger partial charge is 0.493 e. The summed E-state index contributed by atoms with van der Waals surface area (Å²) in [7, 11) is 4.68. The molecule has 5 nitrogen and oxygen atoms in total. The highest BCUT2D eigenvalue weighted by atomic mass is 35.5. The van der Waals surface area contributed by atoms with Crippen LogP contribution in [0.3, 0.4) is 0 Å². The molecule has 0 atom stereocenters. The van der Waals surface area contributed by atoms with Crippen LogP contribution in [0.25, 0.3) is 10.6 Å². The number of rotatable bonds is 4. The first-order valence-corrected chi connectivity index (χ1v) is 6.15. The predicted octanol–water partition coefficient (Wildman–Crippen LogP) is 2.88. The number of ether oxygens (including phenoxy) is 3. The topological polar surface area (TPSA) is 53.5 Å². The first-order chi connectivity index (χ1) is 8.71. The van der Waals surface area contributed by atoms with Gasteiger partial charge in [0.05, 0.1) is 26.9 Å². The Morgan fingerprint density at radius 1 is 1.06 bits per heavy atom. The van der Waals surface area contributed by atoms with Gasteiger partial charge in [0.1, 0.15) is 5.01 Å². The molecule has 0 amide bonds. The Kier molecular flexibility index (Phi) is 3.88. The van der Waals surface area contributed by atoms with Crippen molar-refractivity contribution < 1.29 is 14.2 Å². The van der Waals surface area contributed by atoms with Gasteiger partial charge < -0.3 is 14.2 Å². The number of nitrogens with zero attached hydrogens (tertiary/aromatic N) is 2. The van der Waals surface area contributed by atoms with Crippen LogP contribution in [0.15, 0.2) is 12.1 Å². The Labute approximate surface area is 113 Å². The normalized spacial score (nSPS) is 10.2. The first-order valence-electron chi connectivity index (χ1n) is 4.99.